The molecule has 86 valence electrons. The van der Waals surface area contributed by atoms with Gasteiger partial charge in [0.2, 0.25) is 0 Å². The maximum atomic E-state index is 11.2. The summed E-state index contributed by atoms with van der Waals surface area (Å²) in [4.78, 5) is 0. The predicted molar refractivity (Wildman–Crippen MR) is 63.3 cm³/mol. The highest BCUT2D eigenvalue weighted by Crippen LogP contribution is 2.18. The van der Waals surface area contributed by atoms with Crippen molar-refractivity contribution in [3.63, 3.8) is 0 Å². The van der Waals surface area contributed by atoms with E-state index < -0.39 is 9.84 Å². The monoisotopic (exact) mass is 239 g/mol. The maximum absolute atomic E-state index is 11.2. The fourth-order valence-electron chi connectivity index (χ4n) is 1.57. The van der Waals surface area contributed by atoms with E-state index in [0.29, 0.717) is 0 Å². The summed E-state index contributed by atoms with van der Waals surface area (Å²) >= 11 is 0. The molecule has 1 aromatic rings. The lowest BCUT2D eigenvalue weighted by Crippen LogP contribution is -2.20. The van der Waals surface area contributed by atoms with E-state index in [9.17, 15) is 8.42 Å². The van der Waals surface area contributed by atoms with E-state index in [-0.39, 0.29) is 11.8 Å². The second-order valence-corrected chi connectivity index (χ2v) is 5.57. The molecule has 1 heterocycles. The van der Waals surface area contributed by atoms with Gasteiger partial charge in [-0.3, -0.25) is 0 Å². The molecule has 0 spiro atoms. The van der Waals surface area contributed by atoms with Gasteiger partial charge in [-0.15, -0.1) is 0 Å². The summed E-state index contributed by atoms with van der Waals surface area (Å²) in [5.41, 5.74) is 0.882. The Morgan fingerprint density at radius 2 is 2.00 bits per heavy atom. The average molecular weight is 239 g/mol. The third-order valence-corrected chi connectivity index (χ3v) is 3.77. The molecule has 5 heteroatoms. The summed E-state index contributed by atoms with van der Waals surface area (Å²) in [6, 6.07) is 7.23. The first-order valence-electron chi connectivity index (χ1n) is 4.91. The SMILES string of the molecule is COc1ccc(N[C@@H]2C=CS(=O)(=O)C2)cc1. The van der Waals surface area contributed by atoms with E-state index in [1.54, 1.807) is 13.2 Å². The van der Waals surface area contributed by atoms with Crippen LogP contribution in [0.4, 0.5) is 5.69 Å². The third kappa shape index (κ3) is 2.55. The molecular weight excluding hydrogens is 226 g/mol. The topological polar surface area (TPSA) is 55.4 Å². The van der Waals surface area contributed by atoms with E-state index >= 15 is 0 Å². The molecule has 0 aromatic heterocycles. The molecule has 0 amide bonds. The summed E-state index contributed by atoms with van der Waals surface area (Å²) < 4.78 is 27.4. The second kappa shape index (κ2) is 4.17. The number of hydrogen-bond acceptors (Lipinski definition) is 4. The van der Waals surface area contributed by atoms with Gasteiger partial charge in [-0.05, 0) is 24.3 Å². The minimum absolute atomic E-state index is 0.124. The lowest BCUT2D eigenvalue weighted by Gasteiger charge is -2.11. The molecule has 4 nitrogen and oxygen atoms in total. The van der Waals surface area contributed by atoms with Gasteiger partial charge in [0.1, 0.15) is 5.75 Å². The number of nitrogens with one attached hydrogen (secondary N) is 1. The van der Waals surface area contributed by atoms with Gasteiger partial charge in [-0.2, -0.15) is 0 Å². The van der Waals surface area contributed by atoms with Crippen LogP contribution in [0.2, 0.25) is 0 Å². The molecular formula is C11H13NO3S. The summed E-state index contributed by atoms with van der Waals surface area (Å²) in [5, 5.41) is 4.38. The molecule has 0 aliphatic carbocycles. The van der Waals surface area contributed by atoms with Gasteiger partial charge in [0, 0.05) is 11.1 Å². The summed E-state index contributed by atoms with van der Waals surface area (Å²) in [6.45, 7) is 0. The minimum atomic E-state index is -3.00. The molecule has 1 atom stereocenters. The molecule has 2 rings (SSSR count). The van der Waals surface area contributed by atoms with E-state index in [4.69, 9.17) is 4.74 Å². The van der Waals surface area contributed by atoms with Crippen LogP contribution in [-0.2, 0) is 9.84 Å². The Morgan fingerprint density at radius 1 is 1.31 bits per heavy atom. The zero-order valence-corrected chi connectivity index (χ0v) is 9.70. The zero-order chi connectivity index (χ0) is 11.6. The van der Waals surface area contributed by atoms with E-state index in [1.165, 1.54) is 5.41 Å². The average Bonchev–Trinajstić information content (AvgIpc) is 2.59. The minimum Gasteiger partial charge on any atom is -0.497 e. The molecule has 1 aliphatic rings. The molecule has 1 N–H and O–H groups in total. The van der Waals surface area contributed by atoms with Gasteiger partial charge >= 0.3 is 0 Å². The molecule has 0 bridgehead atoms. The first-order chi connectivity index (χ1) is 7.59. The second-order valence-electron chi connectivity index (χ2n) is 3.64. The van der Waals surface area contributed by atoms with Crippen molar-refractivity contribution in [1.82, 2.24) is 0 Å². The summed E-state index contributed by atoms with van der Waals surface area (Å²) in [6.07, 6.45) is 1.67. The normalized spacial score (nSPS) is 21.9. The Bertz CT molecular complexity index is 490. The number of sulfone groups is 1. The van der Waals surface area contributed by atoms with E-state index in [1.807, 2.05) is 24.3 Å². The molecule has 0 radical (unpaired) electrons. The van der Waals surface area contributed by atoms with Crippen molar-refractivity contribution in [2.24, 2.45) is 0 Å². The largest absolute Gasteiger partial charge is 0.497 e. The van der Waals surface area contributed by atoms with Crippen molar-refractivity contribution >= 4 is 15.5 Å². The van der Waals surface area contributed by atoms with Crippen LogP contribution < -0.4 is 10.1 Å². The highest BCUT2D eigenvalue weighted by atomic mass is 32.2. The van der Waals surface area contributed by atoms with Crippen LogP contribution in [0, 0.1) is 0 Å². The highest BCUT2D eigenvalue weighted by molar-refractivity contribution is 7.94. The molecule has 0 saturated carbocycles. The van der Waals surface area contributed by atoms with E-state index in [0.717, 1.165) is 11.4 Å². The smallest absolute Gasteiger partial charge is 0.173 e. The third-order valence-electron chi connectivity index (χ3n) is 2.37. The summed E-state index contributed by atoms with van der Waals surface area (Å²) in [7, 11) is -1.39. The Morgan fingerprint density at radius 3 is 2.50 bits per heavy atom. The first kappa shape index (κ1) is 11.0. The van der Waals surface area contributed by atoms with E-state index in [2.05, 4.69) is 5.32 Å². The van der Waals surface area contributed by atoms with Gasteiger partial charge in [0.25, 0.3) is 0 Å². The molecule has 0 unspecified atom stereocenters. The lowest BCUT2D eigenvalue weighted by atomic mass is 10.2. The number of anilines is 1. The van der Waals surface area contributed by atoms with Gasteiger partial charge in [-0.25, -0.2) is 8.42 Å². The number of benzene rings is 1. The Labute approximate surface area is 94.8 Å². The van der Waals surface area contributed by atoms with Crippen molar-refractivity contribution in [3.8, 4) is 5.75 Å². The lowest BCUT2D eigenvalue weighted by molar-refractivity contribution is 0.415. The first-order valence-corrected chi connectivity index (χ1v) is 6.62. The van der Waals surface area contributed by atoms with Gasteiger partial charge < -0.3 is 10.1 Å². The fraction of sp³-hybridized carbons (Fsp3) is 0.273. The van der Waals surface area contributed by atoms with Gasteiger partial charge in [0.05, 0.1) is 18.9 Å². The fourth-order valence-corrected chi connectivity index (χ4v) is 2.80. The quantitative estimate of drug-likeness (QED) is 0.866. The van der Waals surface area contributed by atoms with Crippen LogP contribution in [0.25, 0.3) is 0 Å². The Kier molecular flexibility index (Phi) is 2.87. The number of methoxy groups -OCH3 is 1. The molecule has 16 heavy (non-hydrogen) atoms. The van der Waals surface area contributed by atoms with Crippen molar-refractivity contribution < 1.29 is 13.2 Å². The summed E-state index contributed by atoms with van der Waals surface area (Å²) in [5.74, 6) is 0.902. The molecule has 0 fully saturated rings. The highest BCUT2D eigenvalue weighted by Gasteiger charge is 2.21. The van der Waals surface area contributed by atoms with Crippen LogP contribution >= 0.6 is 0 Å². The number of rotatable bonds is 3. The Balaban J connectivity index is 2.03. The number of hydrogen-bond donors (Lipinski definition) is 1. The predicted octanol–water partition coefficient (Wildman–Crippen LogP) is 1.42. The van der Waals surface area contributed by atoms with Crippen molar-refractivity contribution in [3.05, 3.63) is 35.7 Å². The van der Waals surface area contributed by atoms with Crippen LogP contribution in [0.1, 0.15) is 0 Å². The standard InChI is InChI=1S/C11H13NO3S/c1-15-11-4-2-9(3-5-11)12-10-6-7-16(13,14)8-10/h2-7,10,12H,8H2,1H3/t10-/m1/s1. The van der Waals surface area contributed by atoms with Crippen LogP contribution in [0.3, 0.4) is 0 Å². The number of ether oxygens (including phenoxy) is 1. The Hall–Kier alpha value is -1.49. The zero-order valence-electron chi connectivity index (χ0n) is 8.88. The van der Waals surface area contributed by atoms with Crippen molar-refractivity contribution in [1.29, 1.82) is 0 Å². The van der Waals surface area contributed by atoms with Crippen molar-refractivity contribution in [2.45, 2.75) is 6.04 Å². The van der Waals surface area contributed by atoms with Crippen LogP contribution in [0.15, 0.2) is 35.7 Å². The molecule has 1 aromatic carbocycles. The maximum Gasteiger partial charge on any atom is 0.173 e. The van der Waals surface area contributed by atoms with Crippen LogP contribution in [-0.4, -0.2) is 27.3 Å². The van der Waals surface area contributed by atoms with Gasteiger partial charge in [0.15, 0.2) is 9.84 Å². The molecule has 1 aliphatic heterocycles. The van der Waals surface area contributed by atoms with Crippen LogP contribution in [0.5, 0.6) is 5.75 Å². The molecule has 0 saturated heterocycles. The van der Waals surface area contributed by atoms with Gasteiger partial charge in [-0.1, -0.05) is 6.08 Å². The van der Waals surface area contributed by atoms with Crippen molar-refractivity contribution in [2.75, 3.05) is 18.2 Å².